The first-order chi connectivity index (χ1) is 13.2. The van der Waals surface area contributed by atoms with Crippen molar-refractivity contribution in [3.8, 4) is 34.5 Å². The third-order valence-corrected chi connectivity index (χ3v) is 4.19. The van der Waals surface area contributed by atoms with Gasteiger partial charge in [-0.05, 0) is 29.8 Å². The highest BCUT2D eigenvalue weighted by Crippen LogP contribution is 2.41. The Hall–Kier alpha value is -3.07. The number of phenolic OH excluding ortho intramolecular Hbond substituents is 1. The number of hydrogen-bond acceptors (Lipinski definition) is 8. The minimum Gasteiger partial charge on any atom is -0.502 e. The number of ether oxygens (including phenoxy) is 4. The molecule has 0 heterocycles. The molecule has 0 aliphatic carbocycles. The number of benzene rings is 2. The highest BCUT2D eigenvalue weighted by atomic mass is 32.2. The van der Waals surface area contributed by atoms with Crippen LogP contribution in [0.25, 0.3) is 12.2 Å². The SMILES string of the molecule is COc1ccc(/C=C\c2cc(OC)c(OC)c(OC)c2)c(OS(C)(=O)=O)c1O. The molecule has 0 aliphatic heterocycles. The molecule has 0 atom stereocenters. The molecule has 8 nitrogen and oxygen atoms in total. The minimum absolute atomic E-state index is 0.0867. The van der Waals surface area contributed by atoms with Crippen LogP contribution in [0.15, 0.2) is 24.3 Å². The predicted molar refractivity (Wildman–Crippen MR) is 105 cm³/mol. The maximum atomic E-state index is 11.6. The smallest absolute Gasteiger partial charge is 0.306 e. The van der Waals surface area contributed by atoms with E-state index in [0.717, 1.165) is 6.26 Å². The molecule has 0 spiro atoms. The zero-order valence-corrected chi connectivity index (χ0v) is 17.0. The topological polar surface area (TPSA) is 101 Å². The standard InChI is InChI=1S/C19H22O8S/c1-23-14-9-8-13(18(17(14)20)27-28(5,21)22)7-6-12-10-15(24-2)19(26-4)16(11-12)25-3/h6-11,20H,1-5H3/b7-6-. The van der Waals surface area contributed by atoms with Gasteiger partial charge < -0.3 is 28.2 Å². The fraction of sp³-hybridized carbons (Fsp3) is 0.263. The Morgan fingerprint density at radius 1 is 0.821 bits per heavy atom. The molecule has 0 fully saturated rings. The van der Waals surface area contributed by atoms with Gasteiger partial charge in [0.2, 0.25) is 11.5 Å². The van der Waals surface area contributed by atoms with Crippen molar-refractivity contribution < 1.29 is 36.7 Å². The third-order valence-electron chi connectivity index (χ3n) is 3.72. The normalized spacial score (nSPS) is 11.3. The van der Waals surface area contributed by atoms with Crippen LogP contribution in [0.5, 0.6) is 34.5 Å². The maximum absolute atomic E-state index is 11.6. The van der Waals surface area contributed by atoms with E-state index in [-0.39, 0.29) is 11.5 Å². The predicted octanol–water partition coefficient (Wildman–Crippen LogP) is 2.94. The van der Waals surface area contributed by atoms with E-state index in [1.807, 2.05) is 0 Å². The lowest BCUT2D eigenvalue weighted by Gasteiger charge is -2.13. The van der Waals surface area contributed by atoms with Crippen LogP contribution in [0.4, 0.5) is 0 Å². The number of aromatic hydroxyl groups is 1. The van der Waals surface area contributed by atoms with Crippen LogP contribution in [-0.2, 0) is 10.1 Å². The van der Waals surface area contributed by atoms with Crippen LogP contribution in [-0.4, -0.2) is 48.2 Å². The van der Waals surface area contributed by atoms with Crippen molar-refractivity contribution >= 4 is 22.3 Å². The van der Waals surface area contributed by atoms with Gasteiger partial charge in [0.1, 0.15) is 0 Å². The van der Waals surface area contributed by atoms with Gasteiger partial charge in [0, 0.05) is 5.56 Å². The summed E-state index contributed by atoms with van der Waals surface area (Å²) in [6.45, 7) is 0. The molecule has 1 N–H and O–H groups in total. The van der Waals surface area contributed by atoms with Gasteiger partial charge in [0.25, 0.3) is 0 Å². The molecule has 152 valence electrons. The molecule has 0 aromatic heterocycles. The summed E-state index contributed by atoms with van der Waals surface area (Å²) in [4.78, 5) is 0. The summed E-state index contributed by atoms with van der Waals surface area (Å²) < 4.78 is 49.0. The summed E-state index contributed by atoms with van der Waals surface area (Å²) in [7, 11) is 2.00. The Labute approximate surface area is 164 Å². The average molecular weight is 410 g/mol. The zero-order chi connectivity index (χ0) is 20.9. The summed E-state index contributed by atoms with van der Waals surface area (Å²) >= 11 is 0. The van der Waals surface area contributed by atoms with Gasteiger partial charge >= 0.3 is 10.1 Å². The Balaban J connectivity index is 2.53. The number of methoxy groups -OCH3 is 4. The number of rotatable bonds is 8. The van der Waals surface area contributed by atoms with E-state index in [1.54, 1.807) is 30.4 Å². The summed E-state index contributed by atoms with van der Waals surface area (Å²) in [6, 6.07) is 6.50. The van der Waals surface area contributed by atoms with Crippen LogP contribution in [0.2, 0.25) is 0 Å². The minimum atomic E-state index is -3.87. The summed E-state index contributed by atoms with van der Waals surface area (Å²) in [5.74, 6) is 0.817. The molecular formula is C19H22O8S. The number of phenols is 1. The molecule has 0 saturated heterocycles. The highest BCUT2D eigenvalue weighted by Gasteiger charge is 2.18. The van der Waals surface area contributed by atoms with E-state index in [4.69, 9.17) is 23.1 Å². The van der Waals surface area contributed by atoms with Crippen LogP contribution in [0, 0.1) is 0 Å². The van der Waals surface area contributed by atoms with Gasteiger partial charge in [-0.15, -0.1) is 0 Å². The quantitative estimate of drug-likeness (QED) is 0.524. The van der Waals surface area contributed by atoms with Gasteiger partial charge in [0.15, 0.2) is 23.0 Å². The van der Waals surface area contributed by atoms with Crippen molar-refractivity contribution in [3.05, 3.63) is 35.4 Å². The Kier molecular flexibility index (Phi) is 6.63. The maximum Gasteiger partial charge on any atom is 0.306 e. The highest BCUT2D eigenvalue weighted by molar-refractivity contribution is 7.86. The second-order valence-electron chi connectivity index (χ2n) is 5.61. The van der Waals surface area contributed by atoms with Crippen molar-refractivity contribution in [3.63, 3.8) is 0 Å². The zero-order valence-electron chi connectivity index (χ0n) is 16.2. The van der Waals surface area contributed by atoms with Gasteiger partial charge in [-0.2, -0.15) is 8.42 Å². The van der Waals surface area contributed by atoms with Crippen LogP contribution < -0.4 is 23.1 Å². The van der Waals surface area contributed by atoms with Crippen molar-refractivity contribution in [1.82, 2.24) is 0 Å². The van der Waals surface area contributed by atoms with Crippen LogP contribution >= 0.6 is 0 Å². The van der Waals surface area contributed by atoms with E-state index >= 15 is 0 Å². The lowest BCUT2D eigenvalue weighted by Crippen LogP contribution is -2.07. The molecule has 2 rings (SSSR count). The average Bonchev–Trinajstić information content (AvgIpc) is 2.66. The van der Waals surface area contributed by atoms with Gasteiger partial charge in [-0.3, -0.25) is 0 Å². The lowest BCUT2D eigenvalue weighted by molar-refractivity contribution is 0.324. The fourth-order valence-electron chi connectivity index (χ4n) is 2.49. The molecule has 2 aromatic carbocycles. The summed E-state index contributed by atoms with van der Waals surface area (Å²) in [5, 5.41) is 10.3. The Morgan fingerprint density at radius 3 is 1.86 bits per heavy atom. The van der Waals surface area contributed by atoms with Gasteiger partial charge in [-0.25, -0.2) is 0 Å². The van der Waals surface area contributed by atoms with Crippen molar-refractivity contribution in [2.24, 2.45) is 0 Å². The molecule has 0 unspecified atom stereocenters. The van der Waals surface area contributed by atoms with Crippen molar-refractivity contribution in [2.75, 3.05) is 34.7 Å². The van der Waals surface area contributed by atoms with Crippen LogP contribution in [0.3, 0.4) is 0 Å². The van der Waals surface area contributed by atoms with E-state index in [2.05, 4.69) is 0 Å². The molecule has 28 heavy (non-hydrogen) atoms. The summed E-state index contributed by atoms with van der Waals surface area (Å²) in [6.07, 6.45) is 4.15. The first-order valence-corrected chi connectivity index (χ1v) is 9.83. The second kappa shape index (κ2) is 8.75. The molecule has 0 saturated carbocycles. The molecule has 0 radical (unpaired) electrons. The molecule has 0 bridgehead atoms. The Morgan fingerprint density at radius 2 is 1.39 bits per heavy atom. The first-order valence-electron chi connectivity index (χ1n) is 8.01. The van der Waals surface area contributed by atoms with Crippen molar-refractivity contribution in [1.29, 1.82) is 0 Å². The third kappa shape index (κ3) is 4.80. The van der Waals surface area contributed by atoms with E-state index in [1.165, 1.54) is 34.5 Å². The molecular weight excluding hydrogens is 388 g/mol. The van der Waals surface area contributed by atoms with Gasteiger partial charge in [-0.1, -0.05) is 12.2 Å². The first kappa shape index (κ1) is 21.2. The van der Waals surface area contributed by atoms with E-state index in [9.17, 15) is 13.5 Å². The lowest BCUT2D eigenvalue weighted by atomic mass is 10.1. The molecule has 0 aliphatic rings. The summed E-state index contributed by atoms with van der Waals surface area (Å²) in [5.41, 5.74) is 1.02. The van der Waals surface area contributed by atoms with Crippen molar-refractivity contribution in [2.45, 2.75) is 0 Å². The monoisotopic (exact) mass is 410 g/mol. The molecule has 9 heteroatoms. The van der Waals surface area contributed by atoms with Gasteiger partial charge in [0.05, 0.1) is 34.7 Å². The Bertz CT molecular complexity index is 955. The van der Waals surface area contributed by atoms with Crippen LogP contribution in [0.1, 0.15) is 11.1 Å². The fourth-order valence-corrected chi connectivity index (χ4v) is 2.97. The number of hydrogen-bond donors (Lipinski definition) is 1. The van der Waals surface area contributed by atoms with E-state index < -0.39 is 15.9 Å². The molecule has 2 aromatic rings. The largest absolute Gasteiger partial charge is 0.502 e. The second-order valence-corrected chi connectivity index (χ2v) is 7.19. The van der Waals surface area contributed by atoms with E-state index in [0.29, 0.717) is 28.4 Å². The molecule has 0 amide bonds.